The number of ether oxygens (including phenoxy) is 2. The van der Waals surface area contributed by atoms with E-state index in [2.05, 4.69) is 47.9 Å². The molecule has 0 heterocycles. The summed E-state index contributed by atoms with van der Waals surface area (Å²) in [4.78, 5) is 54.2. The Kier molecular flexibility index (Phi) is 35.4. The fourth-order valence-corrected chi connectivity index (χ4v) is 7.86. The number of phosphoric acid groups is 2. The molecule has 0 aliphatic heterocycles. The van der Waals surface area contributed by atoms with Crippen molar-refractivity contribution in [1.29, 1.82) is 0 Å². The van der Waals surface area contributed by atoms with Crippen LogP contribution in [0.2, 0.25) is 0 Å². The molecule has 1 aliphatic rings. The number of hydrogen-bond donors (Lipinski definition) is 8. The van der Waals surface area contributed by atoms with Crippen LogP contribution in [-0.2, 0) is 41.8 Å². The molecule has 0 saturated heterocycles. The van der Waals surface area contributed by atoms with E-state index in [9.17, 15) is 58.9 Å². The van der Waals surface area contributed by atoms with E-state index in [0.717, 1.165) is 70.6 Å². The number of aliphatic hydroxyl groups is 5. The molecule has 8 N–H and O–H groups in total. The SMILES string of the molecule is CC/C=C\C/C=C\C/C=C\CCCCCCCC(=O)O[C@H](COC(=O)CC/C=C\C/C=C\C/C=C\C/C=C/C=C/C(O)C/C=C\CC)COP(=O)(O)O[C@H]1C(O)C(O)C(O)[C@@H](OP(=O)(O)O)C1O. The van der Waals surface area contributed by atoms with E-state index in [1.54, 1.807) is 12.2 Å². The van der Waals surface area contributed by atoms with E-state index in [1.165, 1.54) is 0 Å². The molecule has 0 radical (unpaired) electrons. The monoisotopic (exact) mass is 1000 g/mol. The van der Waals surface area contributed by atoms with Gasteiger partial charge in [-0.05, 0) is 77.0 Å². The van der Waals surface area contributed by atoms with Gasteiger partial charge in [-0.15, -0.1) is 0 Å². The first-order valence-corrected chi connectivity index (χ1v) is 26.6. The first-order chi connectivity index (χ1) is 32.5. The summed E-state index contributed by atoms with van der Waals surface area (Å²) in [5, 5.41) is 51.1. The molecule has 0 spiro atoms. The third-order valence-corrected chi connectivity index (χ3v) is 11.4. The zero-order chi connectivity index (χ0) is 50.5. The van der Waals surface area contributed by atoms with Crippen LogP contribution in [0.1, 0.15) is 123 Å². The summed E-state index contributed by atoms with van der Waals surface area (Å²) in [7, 11) is -10.7. The minimum absolute atomic E-state index is 0.00597. The molecule has 1 fully saturated rings. The van der Waals surface area contributed by atoms with E-state index in [1.807, 2.05) is 67.7 Å². The van der Waals surface area contributed by atoms with Crippen molar-refractivity contribution in [3.05, 3.63) is 109 Å². The molecule has 19 heteroatoms. The summed E-state index contributed by atoms with van der Waals surface area (Å²) in [6.45, 7) is 2.69. The van der Waals surface area contributed by atoms with E-state index in [4.69, 9.17) is 18.5 Å². The van der Waals surface area contributed by atoms with E-state index in [0.29, 0.717) is 25.7 Å². The average Bonchev–Trinajstić information content (AvgIpc) is 3.29. The Bertz CT molecular complexity index is 1750. The lowest BCUT2D eigenvalue weighted by molar-refractivity contribution is -0.216. The largest absolute Gasteiger partial charge is 0.472 e. The maximum absolute atomic E-state index is 13.0. The smallest absolute Gasteiger partial charge is 0.462 e. The van der Waals surface area contributed by atoms with Crippen molar-refractivity contribution < 1.29 is 82.0 Å². The van der Waals surface area contributed by atoms with Crippen LogP contribution in [0.3, 0.4) is 0 Å². The first-order valence-electron chi connectivity index (χ1n) is 23.5. The third-order valence-electron chi connectivity index (χ3n) is 9.94. The number of carbonyl (C=O) groups excluding carboxylic acids is 2. The van der Waals surface area contributed by atoms with Crippen LogP contribution in [0, 0.1) is 0 Å². The standard InChI is InChI=1S/C49H78O17P2/c1-3-5-7-8-9-10-11-12-13-16-20-23-26-29-33-37-43(52)64-41(39-63-68(60,61)66-49-46(55)44(53)45(54)48(47(49)56)65-67(57,58)59)38-62-42(51)36-32-28-25-22-19-17-14-15-18-21-24-27-31-35-40(50)34-30-6-4-2/h5-7,9-10,12-13,15,17-19,24-25,27-28,30-31,35,40-41,44-50,53-56H,3-4,8,11,14,16,20-23,26,29,32-34,36-39H2,1-2H3,(H,60,61)(H2,57,58,59)/b7-5-,10-9-,13-12-,18-15-,19-17-,27-24+,28-25-,30-6-,35-31+/t40?,41-,44?,45?,46?,47?,48-,49+/m1/s1. The van der Waals surface area contributed by atoms with Crippen LogP contribution in [0.4, 0.5) is 0 Å². The molecule has 0 aromatic heterocycles. The number of hydrogen-bond acceptors (Lipinski definition) is 14. The Labute approximate surface area is 402 Å². The minimum atomic E-state index is -5.38. The lowest BCUT2D eigenvalue weighted by Crippen LogP contribution is -2.64. The molecule has 1 aliphatic carbocycles. The molecule has 0 aromatic carbocycles. The molecule has 9 atom stereocenters. The number of unbranched alkanes of at least 4 members (excludes halogenated alkanes) is 5. The van der Waals surface area contributed by atoms with Crippen LogP contribution in [0.25, 0.3) is 0 Å². The maximum Gasteiger partial charge on any atom is 0.472 e. The highest BCUT2D eigenvalue weighted by Crippen LogP contribution is 2.49. The lowest BCUT2D eigenvalue weighted by atomic mass is 9.85. The van der Waals surface area contributed by atoms with Crippen molar-refractivity contribution in [2.24, 2.45) is 0 Å². The number of rotatable bonds is 37. The van der Waals surface area contributed by atoms with Crippen LogP contribution in [-0.4, -0.2) is 114 Å². The summed E-state index contributed by atoms with van der Waals surface area (Å²) in [6, 6.07) is 0. The zero-order valence-electron chi connectivity index (χ0n) is 39.6. The molecule has 17 nitrogen and oxygen atoms in total. The second-order valence-electron chi connectivity index (χ2n) is 15.9. The molecule has 386 valence electrons. The summed E-state index contributed by atoms with van der Waals surface area (Å²) in [5.41, 5.74) is 0. The molecule has 6 unspecified atom stereocenters. The van der Waals surface area contributed by atoms with Gasteiger partial charge in [0.1, 0.15) is 43.2 Å². The minimum Gasteiger partial charge on any atom is -0.462 e. The zero-order valence-corrected chi connectivity index (χ0v) is 41.4. The van der Waals surface area contributed by atoms with Crippen molar-refractivity contribution in [2.45, 2.75) is 172 Å². The third kappa shape index (κ3) is 32.4. The van der Waals surface area contributed by atoms with Crippen molar-refractivity contribution in [2.75, 3.05) is 13.2 Å². The van der Waals surface area contributed by atoms with Gasteiger partial charge in [-0.1, -0.05) is 142 Å². The molecule has 0 bridgehead atoms. The molecule has 1 rings (SSSR count). The van der Waals surface area contributed by atoms with Gasteiger partial charge in [0.15, 0.2) is 6.10 Å². The van der Waals surface area contributed by atoms with Crippen molar-refractivity contribution >= 4 is 27.6 Å². The van der Waals surface area contributed by atoms with Crippen LogP contribution in [0.15, 0.2) is 109 Å². The summed E-state index contributed by atoms with van der Waals surface area (Å²) in [6.07, 6.45) is 32.4. The summed E-state index contributed by atoms with van der Waals surface area (Å²) >= 11 is 0. The predicted octanol–water partition coefficient (Wildman–Crippen LogP) is 7.92. The van der Waals surface area contributed by atoms with Gasteiger partial charge >= 0.3 is 27.6 Å². The summed E-state index contributed by atoms with van der Waals surface area (Å²) in [5.74, 6) is -1.36. The van der Waals surface area contributed by atoms with Crippen LogP contribution < -0.4 is 0 Å². The van der Waals surface area contributed by atoms with Gasteiger partial charge in [0, 0.05) is 12.8 Å². The Morgan fingerprint density at radius 1 is 0.544 bits per heavy atom. The van der Waals surface area contributed by atoms with E-state index >= 15 is 0 Å². The Morgan fingerprint density at radius 3 is 1.66 bits per heavy atom. The highest BCUT2D eigenvalue weighted by atomic mass is 31.2. The molecular weight excluding hydrogens is 922 g/mol. The lowest BCUT2D eigenvalue weighted by Gasteiger charge is -2.43. The maximum atomic E-state index is 13.0. The first kappa shape index (κ1) is 62.6. The van der Waals surface area contributed by atoms with Crippen LogP contribution in [0.5, 0.6) is 0 Å². The quantitative estimate of drug-likeness (QED) is 0.00965. The Hall–Kier alpha value is -3.38. The van der Waals surface area contributed by atoms with E-state index < -0.39 is 89.6 Å². The highest BCUT2D eigenvalue weighted by molar-refractivity contribution is 7.47. The molecular formula is C49H78O17P2. The normalized spacial score (nSPS) is 22.7. The van der Waals surface area contributed by atoms with Gasteiger partial charge in [-0.3, -0.25) is 23.2 Å². The highest BCUT2D eigenvalue weighted by Gasteiger charge is 2.54. The topological polar surface area (TPSA) is 276 Å². The van der Waals surface area contributed by atoms with Crippen molar-refractivity contribution in [1.82, 2.24) is 0 Å². The number of phosphoric ester groups is 2. The fourth-order valence-electron chi connectivity index (χ4n) is 6.32. The van der Waals surface area contributed by atoms with Gasteiger partial charge in [0.05, 0.1) is 12.7 Å². The second-order valence-corrected chi connectivity index (χ2v) is 18.5. The van der Waals surface area contributed by atoms with Gasteiger partial charge in [-0.2, -0.15) is 0 Å². The van der Waals surface area contributed by atoms with Gasteiger partial charge in [-0.25, -0.2) is 9.13 Å². The average molecular weight is 1000 g/mol. The number of esters is 2. The number of allylic oxidation sites excluding steroid dienone is 16. The Morgan fingerprint density at radius 2 is 1.06 bits per heavy atom. The van der Waals surface area contributed by atoms with Gasteiger partial charge in [0.2, 0.25) is 0 Å². The second kappa shape index (κ2) is 38.4. The molecule has 68 heavy (non-hydrogen) atoms. The molecule has 1 saturated carbocycles. The Balaban J connectivity index is 2.67. The molecule has 0 aromatic rings. The van der Waals surface area contributed by atoms with Crippen molar-refractivity contribution in [3.63, 3.8) is 0 Å². The van der Waals surface area contributed by atoms with Crippen LogP contribution >= 0.6 is 15.6 Å². The number of aliphatic hydroxyl groups excluding tert-OH is 5. The predicted molar refractivity (Wildman–Crippen MR) is 261 cm³/mol. The molecule has 0 amide bonds. The van der Waals surface area contributed by atoms with Crippen molar-refractivity contribution in [3.8, 4) is 0 Å². The summed E-state index contributed by atoms with van der Waals surface area (Å²) < 4.78 is 49.2. The fraction of sp³-hybridized carbons (Fsp3) is 0.592. The van der Waals surface area contributed by atoms with E-state index in [-0.39, 0.29) is 12.8 Å². The van der Waals surface area contributed by atoms with Gasteiger partial charge in [0.25, 0.3) is 0 Å². The number of carbonyl (C=O) groups is 2. The van der Waals surface area contributed by atoms with Gasteiger partial charge < -0.3 is 49.7 Å².